The Morgan fingerprint density at radius 3 is 2.38 bits per heavy atom. The standard InChI is InChI=1S/C21H26N2O3/c1-16-18(19(24)23-11-5-6-12-23)21(26-20(16)25)9-13-22(14-10-21)15-17-7-3-2-4-8-17/h2-4,7-8H,5-6,9-15H2,1H3. The highest BCUT2D eigenvalue weighted by molar-refractivity contribution is 6.07. The summed E-state index contributed by atoms with van der Waals surface area (Å²) in [5.41, 5.74) is 1.71. The molecule has 4 rings (SSSR count). The van der Waals surface area contributed by atoms with Crippen molar-refractivity contribution in [2.24, 2.45) is 0 Å². The Labute approximate surface area is 154 Å². The fraction of sp³-hybridized carbons (Fsp3) is 0.524. The highest BCUT2D eigenvalue weighted by Gasteiger charge is 2.51. The number of benzene rings is 1. The van der Waals surface area contributed by atoms with Crippen LogP contribution in [0.15, 0.2) is 41.5 Å². The zero-order valence-corrected chi connectivity index (χ0v) is 15.4. The fourth-order valence-corrected chi connectivity index (χ4v) is 4.45. The maximum atomic E-state index is 13.1. The smallest absolute Gasteiger partial charge is 0.335 e. The first-order valence-corrected chi connectivity index (χ1v) is 9.59. The van der Waals surface area contributed by atoms with Gasteiger partial charge < -0.3 is 9.64 Å². The topological polar surface area (TPSA) is 49.9 Å². The summed E-state index contributed by atoms with van der Waals surface area (Å²) in [6.07, 6.45) is 3.48. The molecule has 0 saturated carbocycles. The molecule has 3 aliphatic rings. The first kappa shape index (κ1) is 17.3. The summed E-state index contributed by atoms with van der Waals surface area (Å²) in [5.74, 6) is -0.300. The Bertz CT molecular complexity index is 727. The maximum absolute atomic E-state index is 13.1. The van der Waals surface area contributed by atoms with E-state index in [-0.39, 0.29) is 11.9 Å². The van der Waals surface area contributed by atoms with E-state index in [1.54, 1.807) is 6.92 Å². The number of carbonyl (C=O) groups excluding carboxylic acids is 2. The number of rotatable bonds is 3. The van der Waals surface area contributed by atoms with E-state index in [9.17, 15) is 9.59 Å². The van der Waals surface area contributed by atoms with Gasteiger partial charge in [-0.3, -0.25) is 9.69 Å². The minimum atomic E-state index is -0.714. The molecule has 0 unspecified atom stereocenters. The molecule has 1 spiro atoms. The second-order valence-corrected chi connectivity index (χ2v) is 7.64. The van der Waals surface area contributed by atoms with Crippen LogP contribution >= 0.6 is 0 Å². The van der Waals surface area contributed by atoms with E-state index >= 15 is 0 Å². The Morgan fingerprint density at radius 2 is 1.73 bits per heavy atom. The normalized spacial score (nSPS) is 23.0. The van der Waals surface area contributed by atoms with Gasteiger partial charge in [-0.2, -0.15) is 0 Å². The highest BCUT2D eigenvalue weighted by atomic mass is 16.6. The molecule has 3 heterocycles. The first-order chi connectivity index (χ1) is 12.6. The lowest BCUT2D eigenvalue weighted by Crippen LogP contribution is -2.48. The zero-order valence-electron chi connectivity index (χ0n) is 15.4. The van der Waals surface area contributed by atoms with Crippen molar-refractivity contribution in [3.05, 3.63) is 47.0 Å². The summed E-state index contributed by atoms with van der Waals surface area (Å²) in [7, 11) is 0. The van der Waals surface area contributed by atoms with Crippen molar-refractivity contribution in [2.75, 3.05) is 26.2 Å². The number of likely N-dealkylation sites (tertiary alicyclic amines) is 2. The predicted molar refractivity (Wildman–Crippen MR) is 98.3 cm³/mol. The van der Waals surface area contributed by atoms with Crippen molar-refractivity contribution in [3.63, 3.8) is 0 Å². The van der Waals surface area contributed by atoms with Crippen LogP contribution in [0.4, 0.5) is 0 Å². The third-order valence-corrected chi connectivity index (χ3v) is 5.94. The second-order valence-electron chi connectivity index (χ2n) is 7.64. The quantitative estimate of drug-likeness (QED) is 0.783. The third kappa shape index (κ3) is 3.05. The van der Waals surface area contributed by atoms with E-state index in [0.717, 1.165) is 45.6 Å². The second kappa shape index (κ2) is 6.88. The van der Waals surface area contributed by atoms with Crippen LogP contribution in [-0.4, -0.2) is 53.5 Å². The van der Waals surface area contributed by atoms with E-state index in [1.807, 2.05) is 11.0 Å². The Hall–Kier alpha value is -2.14. The number of ether oxygens (including phenoxy) is 1. The monoisotopic (exact) mass is 354 g/mol. The van der Waals surface area contributed by atoms with Gasteiger partial charge in [-0.25, -0.2) is 4.79 Å². The van der Waals surface area contributed by atoms with Crippen molar-refractivity contribution in [1.82, 2.24) is 9.80 Å². The summed E-state index contributed by atoms with van der Waals surface area (Å²) >= 11 is 0. The number of carbonyl (C=O) groups is 2. The first-order valence-electron chi connectivity index (χ1n) is 9.59. The molecule has 138 valence electrons. The highest BCUT2D eigenvalue weighted by Crippen LogP contribution is 2.42. The number of esters is 1. The van der Waals surface area contributed by atoms with Crippen molar-refractivity contribution in [2.45, 2.75) is 44.8 Å². The third-order valence-electron chi connectivity index (χ3n) is 5.94. The molecule has 0 aromatic heterocycles. The molecule has 26 heavy (non-hydrogen) atoms. The Kier molecular flexibility index (Phi) is 4.57. The minimum Gasteiger partial charge on any atom is -0.450 e. The summed E-state index contributed by atoms with van der Waals surface area (Å²) < 4.78 is 5.81. The van der Waals surface area contributed by atoms with Crippen LogP contribution in [0.5, 0.6) is 0 Å². The zero-order chi connectivity index (χ0) is 18.1. The van der Waals surface area contributed by atoms with Gasteiger partial charge in [-0.1, -0.05) is 30.3 Å². The van der Waals surface area contributed by atoms with E-state index in [2.05, 4.69) is 29.2 Å². The lowest BCUT2D eigenvalue weighted by molar-refractivity contribution is -0.151. The van der Waals surface area contributed by atoms with Crippen LogP contribution in [0.2, 0.25) is 0 Å². The average Bonchev–Trinajstić information content (AvgIpc) is 3.26. The van der Waals surface area contributed by atoms with Crippen LogP contribution in [-0.2, 0) is 20.9 Å². The molecule has 0 atom stereocenters. The molecule has 2 saturated heterocycles. The van der Waals surface area contributed by atoms with Gasteiger partial charge in [0.25, 0.3) is 5.91 Å². The van der Waals surface area contributed by atoms with Crippen LogP contribution in [0.1, 0.15) is 38.2 Å². The van der Waals surface area contributed by atoms with Gasteiger partial charge in [0.05, 0.1) is 5.57 Å². The molecule has 0 radical (unpaired) electrons. The molecule has 3 aliphatic heterocycles. The molecule has 0 N–H and O–H groups in total. The largest absolute Gasteiger partial charge is 0.450 e. The fourth-order valence-electron chi connectivity index (χ4n) is 4.45. The van der Waals surface area contributed by atoms with Crippen LogP contribution in [0, 0.1) is 0 Å². The molecular weight excluding hydrogens is 328 g/mol. The molecule has 0 aliphatic carbocycles. The van der Waals surface area contributed by atoms with E-state index in [4.69, 9.17) is 4.74 Å². The number of piperidine rings is 1. The number of nitrogens with zero attached hydrogens (tertiary/aromatic N) is 2. The Balaban J connectivity index is 1.49. The summed E-state index contributed by atoms with van der Waals surface area (Å²) in [6, 6.07) is 10.4. The molecule has 5 heteroatoms. The summed E-state index contributed by atoms with van der Waals surface area (Å²) in [4.78, 5) is 29.6. The number of hydrogen-bond acceptors (Lipinski definition) is 4. The van der Waals surface area contributed by atoms with Gasteiger partial charge in [0.15, 0.2) is 0 Å². The molecular formula is C21H26N2O3. The predicted octanol–water partition coefficient (Wildman–Crippen LogP) is 2.52. The lowest BCUT2D eigenvalue weighted by atomic mass is 9.82. The number of amides is 1. The van der Waals surface area contributed by atoms with E-state index < -0.39 is 5.60 Å². The van der Waals surface area contributed by atoms with Gasteiger partial charge in [-0.05, 0) is 25.3 Å². The van der Waals surface area contributed by atoms with Crippen molar-refractivity contribution in [1.29, 1.82) is 0 Å². The van der Waals surface area contributed by atoms with Gasteiger partial charge in [0, 0.05) is 51.1 Å². The number of hydrogen-bond donors (Lipinski definition) is 0. The molecule has 1 amide bonds. The van der Waals surface area contributed by atoms with Crippen molar-refractivity contribution >= 4 is 11.9 Å². The van der Waals surface area contributed by atoms with Crippen molar-refractivity contribution < 1.29 is 14.3 Å². The van der Waals surface area contributed by atoms with Crippen LogP contribution in [0.25, 0.3) is 0 Å². The SMILES string of the molecule is CC1=C(C(=O)N2CCCC2)C2(CCN(Cc3ccccc3)CC2)OC1=O. The van der Waals surface area contributed by atoms with Gasteiger partial charge in [0.2, 0.25) is 0 Å². The van der Waals surface area contributed by atoms with Crippen LogP contribution < -0.4 is 0 Å². The summed E-state index contributed by atoms with van der Waals surface area (Å²) in [5, 5.41) is 0. The molecule has 2 fully saturated rings. The molecule has 1 aromatic rings. The van der Waals surface area contributed by atoms with E-state index in [0.29, 0.717) is 24.0 Å². The molecule has 0 bridgehead atoms. The summed E-state index contributed by atoms with van der Waals surface area (Å²) in [6.45, 7) is 5.87. The lowest BCUT2D eigenvalue weighted by Gasteiger charge is -2.40. The van der Waals surface area contributed by atoms with Gasteiger partial charge in [0.1, 0.15) is 5.60 Å². The van der Waals surface area contributed by atoms with Crippen LogP contribution in [0.3, 0.4) is 0 Å². The Morgan fingerprint density at radius 1 is 1.08 bits per heavy atom. The molecule has 1 aromatic carbocycles. The van der Waals surface area contributed by atoms with Gasteiger partial charge >= 0.3 is 5.97 Å². The van der Waals surface area contributed by atoms with E-state index in [1.165, 1.54) is 5.56 Å². The van der Waals surface area contributed by atoms with Gasteiger partial charge in [-0.15, -0.1) is 0 Å². The molecule has 5 nitrogen and oxygen atoms in total. The minimum absolute atomic E-state index is 0.0161. The van der Waals surface area contributed by atoms with Crippen molar-refractivity contribution in [3.8, 4) is 0 Å². The maximum Gasteiger partial charge on any atom is 0.335 e. The average molecular weight is 354 g/mol.